The molecule has 0 rings (SSSR count). The molecule has 0 spiro atoms. The van der Waals surface area contributed by atoms with Crippen LogP contribution in [0.25, 0.3) is 0 Å². The molecule has 0 aliphatic rings. The minimum Gasteiger partial charge on any atom is -0.479 e. The third-order valence-corrected chi connectivity index (χ3v) is 1.32. The Morgan fingerprint density at radius 1 is 1.70 bits per heavy atom. The molecule has 60 valence electrons. The van der Waals surface area contributed by atoms with E-state index in [1.807, 2.05) is 0 Å². The van der Waals surface area contributed by atoms with Crippen molar-refractivity contribution in [2.45, 2.75) is 20.0 Å². The smallest absolute Gasteiger partial charge is 0.333 e. The van der Waals surface area contributed by atoms with E-state index < -0.39 is 24.2 Å². The number of halogens is 1. The van der Waals surface area contributed by atoms with Crippen LogP contribution in [-0.4, -0.2) is 29.0 Å². The summed E-state index contributed by atoms with van der Waals surface area (Å²) in [5.74, 6) is -1.39. The van der Waals surface area contributed by atoms with E-state index in [2.05, 4.69) is 0 Å². The van der Waals surface area contributed by atoms with Gasteiger partial charge in [-0.3, -0.25) is 4.39 Å². The van der Waals surface area contributed by atoms with E-state index in [4.69, 9.17) is 10.2 Å². The van der Waals surface area contributed by atoms with Gasteiger partial charge in [-0.15, -0.1) is 0 Å². The molecular formula is C6H11FO3. The fourth-order valence-electron chi connectivity index (χ4n) is 0.407. The minimum absolute atomic E-state index is 0.847. The monoisotopic (exact) mass is 150 g/mol. The highest BCUT2D eigenvalue weighted by Gasteiger charge is 2.33. The lowest BCUT2D eigenvalue weighted by molar-refractivity contribution is -0.153. The van der Waals surface area contributed by atoms with Crippen molar-refractivity contribution in [3.8, 4) is 0 Å². The zero-order valence-electron chi connectivity index (χ0n) is 5.97. The number of alkyl halides is 1. The van der Waals surface area contributed by atoms with Crippen molar-refractivity contribution in [2.24, 2.45) is 5.41 Å². The topological polar surface area (TPSA) is 57.5 Å². The number of hydrogen-bond acceptors (Lipinski definition) is 2. The van der Waals surface area contributed by atoms with Gasteiger partial charge in [0.2, 0.25) is 0 Å². The molecular weight excluding hydrogens is 139 g/mol. The Balaban J connectivity index is 4.17. The van der Waals surface area contributed by atoms with Gasteiger partial charge in [0.05, 0.1) is 6.67 Å². The standard InChI is InChI=1S/C6H11FO3/c1-6(2,3-7)4(8)5(9)10/h4,8H,3H2,1-2H3,(H,9,10). The van der Waals surface area contributed by atoms with Gasteiger partial charge in [-0.05, 0) is 0 Å². The second kappa shape index (κ2) is 2.96. The van der Waals surface area contributed by atoms with Gasteiger partial charge in [-0.25, -0.2) is 4.79 Å². The Morgan fingerprint density at radius 2 is 2.10 bits per heavy atom. The average Bonchev–Trinajstić information content (AvgIpc) is 1.86. The number of carboxylic acid groups (broad SMARTS) is 1. The Hall–Kier alpha value is -0.640. The van der Waals surface area contributed by atoms with Crippen molar-refractivity contribution in [1.82, 2.24) is 0 Å². The van der Waals surface area contributed by atoms with Crippen molar-refractivity contribution in [1.29, 1.82) is 0 Å². The van der Waals surface area contributed by atoms with Gasteiger partial charge in [-0.1, -0.05) is 13.8 Å². The Bertz CT molecular complexity index is 133. The molecule has 1 atom stereocenters. The molecule has 0 fully saturated rings. The molecule has 0 saturated heterocycles. The van der Waals surface area contributed by atoms with Crippen molar-refractivity contribution in [3.05, 3.63) is 0 Å². The molecule has 0 heterocycles. The second-order valence-electron chi connectivity index (χ2n) is 2.86. The van der Waals surface area contributed by atoms with Crippen LogP contribution in [0.4, 0.5) is 4.39 Å². The molecule has 1 unspecified atom stereocenters. The first kappa shape index (κ1) is 9.36. The van der Waals surface area contributed by atoms with E-state index in [-0.39, 0.29) is 0 Å². The number of aliphatic hydroxyl groups excluding tert-OH is 1. The van der Waals surface area contributed by atoms with Gasteiger partial charge in [0, 0.05) is 5.41 Å². The van der Waals surface area contributed by atoms with Gasteiger partial charge in [-0.2, -0.15) is 0 Å². The molecule has 2 N–H and O–H groups in total. The highest BCUT2D eigenvalue weighted by atomic mass is 19.1. The number of carbonyl (C=O) groups is 1. The van der Waals surface area contributed by atoms with Crippen LogP contribution in [-0.2, 0) is 4.79 Å². The summed E-state index contributed by atoms with van der Waals surface area (Å²) in [6, 6.07) is 0. The van der Waals surface area contributed by atoms with Crippen LogP contribution in [0.1, 0.15) is 13.8 Å². The molecule has 0 aliphatic carbocycles. The minimum atomic E-state index is -1.63. The van der Waals surface area contributed by atoms with E-state index in [0.29, 0.717) is 0 Å². The maximum Gasteiger partial charge on any atom is 0.333 e. The van der Waals surface area contributed by atoms with Gasteiger partial charge in [0.1, 0.15) is 0 Å². The molecule has 0 aliphatic heterocycles. The fraction of sp³-hybridized carbons (Fsp3) is 0.833. The summed E-state index contributed by atoms with van der Waals surface area (Å²) < 4.78 is 12.0. The number of hydrogen-bond donors (Lipinski definition) is 2. The SMILES string of the molecule is CC(C)(CF)C(O)C(=O)O. The summed E-state index contributed by atoms with van der Waals surface area (Å²) in [5, 5.41) is 17.0. The van der Waals surface area contributed by atoms with E-state index in [1.54, 1.807) is 0 Å². The number of aliphatic hydroxyl groups is 1. The van der Waals surface area contributed by atoms with Crippen molar-refractivity contribution >= 4 is 5.97 Å². The molecule has 0 amide bonds. The molecule has 0 radical (unpaired) electrons. The maximum absolute atomic E-state index is 12.0. The average molecular weight is 150 g/mol. The van der Waals surface area contributed by atoms with Crippen LogP contribution in [0.5, 0.6) is 0 Å². The van der Waals surface area contributed by atoms with E-state index in [0.717, 1.165) is 0 Å². The molecule has 0 saturated carbocycles. The lowest BCUT2D eigenvalue weighted by Gasteiger charge is -2.23. The van der Waals surface area contributed by atoms with Crippen LogP contribution in [0.2, 0.25) is 0 Å². The van der Waals surface area contributed by atoms with Gasteiger partial charge in [0.15, 0.2) is 6.10 Å². The third-order valence-electron chi connectivity index (χ3n) is 1.32. The molecule has 0 aromatic carbocycles. The lowest BCUT2D eigenvalue weighted by atomic mass is 9.88. The third kappa shape index (κ3) is 1.95. The zero-order valence-corrected chi connectivity index (χ0v) is 5.97. The first-order chi connectivity index (χ1) is 4.41. The van der Waals surface area contributed by atoms with Crippen LogP contribution in [0.3, 0.4) is 0 Å². The van der Waals surface area contributed by atoms with E-state index in [9.17, 15) is 9.18 Å². The van der Waals surface area contributed by atoms with Crippen LogP contribution >= 0.6 is 0 Å². The molecule has 0 bridgehead atoms. The summed E-state index contributed by atoms with van der Waals surface area (Å²) in [4.78, 5) is 10.1. The van der Waals surface area contributed by atoms with Crippen LogP contribution in [0.15, 0.2) is 0 Å². The van der Waals surface area contributed by atoms with Crippen LogP contribution in [0, 0.1) is 5.41 Å². The quantitative estimate of drug-likeness (QED) is 0.613. The van der Waals surface area contributed by atoms with Gasteiger partial charge < -0.3 is 10.2 Å². The first-order valence-electron chi connectivity index (χ1n) is 2.88. The number of aliphatic carboxylic acids is 1. The number of rotatable bonds is 3. The Kier molecular flexibility index (Phi) is 2.77. The first-order valence-corrected chi connectivity index (χ1v) is 2.88. The molecule has 10 heavy (non-hydrogen) atoms. The highest BCUT2D eigenvalue weighted by Crippen LogP contribution is 2.20. The molecule has 4 heteroatoms. The predicted octanol–water partition coefficient (Wildman–Crippen LogP) is 0.428. The number of carboxylic acids is 1. The Morgan fingerprint density at radius 3 is 2.20 bits per heavy atom. The Labute approximate surface area is 58.5 Å². The summed E-state index contributed by atoms with van der Waals surface area (Å²) in [6.07, 6.45) is -1.63. The summed E-state index contributed by atoms with van der Waals surface area (Å²) in [5.41, 5.74) is -1.19. The molecule has 0 aromatic rings. The van der Waals surface area contributed by atoms with Crippen LogP contribution < -0.4 is 0 Å². The normalized spacial score (nSPS) is 14.8. The van der Waals surface area contributed by atoms with Crippen molar-refractivity contribution in [2.75, 3.05) is 6.67 Å². The summed E-state index contributed by atoms with van der Waals surface area (Å²) >= 11 is 0. The van der Waals surface area contributed by atoms with Gasteiger partial charge >= 0.3 is 5.97 Å². The largest absolute Gasteiger partial charge is 0.479 e. The van der Waals surface area contributed by atoms with Crippen molar-refractivity contribution < 1.29 is 19.4 Å². The van der Waals surface area contributed by atoms with Gasteiger partial charge in [0.25, 0.3) is 0 Å². The molecule has 0 aromatic heterocycles. The predicted molar refractivity (Wildman–Crippen MR) is 33.4 cm³/mol. The summed E-state index contributed by atoms with van der Waals surface area (Å²) in [6.45, 7) is 1.86. The van der Waals surface area contributed by atoms with E-state index >= 15 is 0 Å². The second-order valence-corrected chi connectivity index (χ2v) is 2.86. The highest BCUT2D eigenvalue weighted by molar-refractivity contribution is 5.72. The van der Waals surface area contributed by atoms with E-state index in [1.165, 1.54) is 13.8 Å². The summed E-state index contributed by atoms with van der Waals surface area (Å²) in [7, 11) is 0. The van der Waals surface area contributed by atoms with Crippen molar-refractivity contribution in [3.63, 3.8) is 0 Å². The molecule has 3 nitrogen and oxygen atoms in total. The maximum atomic E-state index is 12.0. The fourth-order valence-corrected chi connectivity index (χ4v) is 0.407. The zero-order chi connectivity index (χ0) is 8.36. The lowest BCUT2D eigenvalue weighted by Crippen LogP contribution is -2.37.